The Labute approximate surface area is 123 Å². The van der Waals surface area contributed by atoms with Crippen LogP contribution in [0.25, 0.3) is 0 Å². The lowest BCUT2D eigenvalue weighted by atomic mass is 9.84. The summed E-state index contributed by atoms with van der Waals surface area (Å²) in [4.78, 5) is 0. The molecule has 2 unspecified atom stereocenters. The van der Waals surface area contributed by atoms with Gasteiger partial charge in [-0.05, 0) is 30.1 Å². The zero-order chi connectivity index (χ0) is 15.3. The first kappa shape index (κ1) is 20.6. The van der Waals surface area contributed by atoms with Gasteiger partial charge >= 0.3 is 0 Å². The lowest BCUT2D eigenvalue weighted by molar-refractivity contribution is 0.308. The van der Waals surface area contributed by atoms with E-state index in [0.717, 1.165) is 23.7 Å². The molecule has 19 heavy (non-hydrogen) atoms. The molecule has 2 atom stereocenters. The molecule has 0 bridgehead atoms. The van der Waals surface area contributed by atoms with Crippen molar-refractivity contribution in [3.05, 3.63) is 13.2 Å². The number of rotatable bonds is 0. The Bertz CT molecular complexity index is 177. The minimum absolute atomic E-state index is 1.02. The van der Waals surface area contributed by atoms with E-state index in [1.165, 1.54) is 44.9 Å². The van der Waals surface area contributed by atoms with Crippen LogP contribution < -0.4 is 0 Å². The van der Waals surface area contributed by atoms with Crippen LogP contribution in [0.1, 0.15) is 72.6 Å². The van der Waals surface area contributed by atoms with Crippen LogP contribution in [-0.4, -0.2) is 0 Å². The lowest BCUT2D eigenvalue weighted by Crippen LogP contribution is -2.08. The summed E-state index contributed by atoms with van der Waals surface area (Å²) in [7, 11) is 0. The Hall–Kier alpha value is -0.700. The van der Waals surface area contributed by atoms with Crippen LogP contribution in [0.2, 0.25) is 0 Å². The maximum absolute atomic E-state index is 4.00. The number of hydrogen-bond acceptors (Lipinski definition) is 0. The molecule has 0 nitrogen and oxygen atoms in total. The van der Waals surface area contributed by atoms with Gasteiger partial charge in [-0.15, -0.1) is 26.0 Å². The summed E-state index contributed by atoms with van der Waals surface area (Å²) in [5.41, 5.74) is 0. The van der Waals surface area contributed by atoms with E-state index < -0.39 is 0 Å². The van der Waals surface area contributed by atoms with E-state index in [1.807, 2.05) is 0 Å². The third kappa shape index (κ3) is 12.1. The summed E-state index contributed by atoms with van der Waals surface area (Å²) >= 11 is 0. The van der Waals surface area contributed by atoms with Crippen LogP contribution in [0, 0.1) is 36.5 Å². The zero-order valence-corrected chi connectivity index (χ0v) is 13.8. The molecule has 0 aromatic heterocycles. The van der Waals surface area contributed by atoms with Crippen molar-refractivity contribution < 1.29 is 0 Å². The second kappa shape index (κ2) is 13.7. The molecule has 0 radical (unpaired) electrons. The highest BCUT2D eigenvalue weighted by Gasteiger charge is 2.16. The third-order valence-electron chi connectivity index (χ3n) is 4.26. The van der Waals surface area contributed by atoms with Crippen LogP contribution in [-0.2, 0) is 0 Å². The second-order valence-corrected chi connectivity index (χ2v) is 6.39. The molecule has 0 aromatic carbocycles. The summed E-state index contributed by atoms with van der Waals surface area (Å²) in [5, 5.41) is 0. The summed E-state index contributed by atoms with van der Waals surface area (Å²) in [5.74, 6) is 4.09. The molecule has 0 aromatic rings. The highest BCUT2D eigenvalue weighted by Crippen LogP contribution is 2.29. The summed E-state index contributed by atoms with van der Waals surface area (Å²) in [6, 6.07) is 0. The van der Waals surface area contributed by atoms with Crippen molar-refractivity contribution in [1.29, 1.82) is 0 Å². The average molecular weight is 264 g/mol. The monoisotopic (exact) mass is 264 g/mol. The number of terminal acetylenes is 1. The Morgan fingerprint density at radius 1 is 0.579 bits per heavy atom. The maximum Gasteiger partial charge on any atom is -0.0440 e. The number of hydrogen-bond donors (Lipinski definition) is 0. The topological polar surface area (TPSA) is 0 Å². The van der Waals surface area contributed by atoms with E-state index in [2.05, 4.69) is 53.7 Å². The van der Waals surface area contributed by atoms with Crippen molar-refractivity contribution in [2.75, 3.05) is 0 Å². The van der Waals surface area contributed by atoms with Crippen LogP contribution in [0.5, 0.6) is 0 Å². The molecule has 2 aliphatic carbocycles. The smallest absolute Gasteiger partial charge is 0.0440 e. The first-order valence-corrected chi connectivity index (χ1v) is 7.91. The Morgan fingerprint density at radius 3 is 0.947 bits per heavy atom. The van der Waals surface area contributed by atoms with Crippen molar-refractivity contribution in [3.8, 4) is 12.8 Å². The fourth-order valence-corrected chi connectivity index (χ4v) is 2.92. The zero-order valence-electron chi connectivity index (χ0n) is 13.8. The Kier molecular flexibility index (Phi) is 14.9. The standard InChI is InChI=1S/C8H16.C7H14.C2H4.C2H2/c1-7-3-5-8(2)6-4-7;1-6-3-4-7(2)5-6;2*1-2/h7-8H,3-6H2,1-2H3;6-7H,3-5H2,1-2H3;1-2H2;1-2H. The molecule has 0 amide bonds. The van der Waals surface area contributed by atoms with Gasteiger partial charge in [-0.3, -0.25) is 0 Å². The molecule has 2 fully saturated rings. The van der Waals surface area contributed by atoms with Gasteiger partial charge in [0, 0.05) is 0 Å². The van der Waals surface area contributed by atoms with Crippen molar-refractivity contribution in [2.24, 2.45) is 23.7 Å². The minimum atomic E-state index is 1.02. The molecule has 0 aliphatic heterocycles. The second-order valence-electron chi connectivity index (χ2n) is 6.39. The maximum atomic E-state index is 4.00. The average Bonchev–Trinajstić information content (AvgIpc) is 2.82. The Balaban J connectivity index is 0. The molecule has 0 heteroatoms. The van der Waals surface area contributed by atoms with E-state index >= 15 is 0 Å². The summed E-state index contributed by atoms with van der Waals surface area (Å²) in [6.45, 7) is 15.4. The van der Waals surface area contributed by atoms with Gasteiger partial charge in [0.05, 0.1) is 0 Å². The van der Waals surface area contributed by atoms with Crippen LogP contribution >= 0.6 is 0 Å². The van der Waals surface area contributed by atoms with Gasteiger partial charge in [0.1, 0.15) is 0 Å². The van der Waals surface area contributed by atoms with E-state index in [0.29, 0.717) is 0 Å². The first-order valence-electron chi connectivity index (χ1n) is 7.91. The highest BCUT2D eigenvalue weighted by molar-refractivity contribution is 4.68. The molecule has 2 rings (SSSR count). The van der Waals surface area contributed by atoms with Crippen LogP contribution in [0.3, 0.4) is 0 Å². The highest BCUT2D eigenvalue weighted by atomic mass is 14.2. The molecule has 0 saturated heterocycles. The van der Waals surface area contributed by atoms with E-state index in [9.17, 15) is 0 Å². The van der Waals surface area contributed by atoms with Gasteiger partial charge < -0.3 is 0 Å². The largest absolute Gasteiger partial charge is 0.124 e. The van der Waals surface area contributed by atoms with Crippen LogP contribution in [0.4, 0.5) is 0 Å². The molecule has 0 N–H and O–H groups in total. The Morgan fingerprint density at radius 2 is 0.789 bits per heavy atom. The van der Waals surface area contributed by atoms with Gasteiger partial charge in [-0.25, -0.2) is 0 Å². The fraction of sp³-hybridized carbons (Fsp3) is 0.789. The van der Waals surface area contributed by atoms with Gasteiger partial charge in [0.2, 0.25) is 0 Å². The fourth-order valence-electron chi connectivity index (χ4n) is 2.92. The predicted octanol–water partition coefficient (Wildman–Crippen LogP) is 6.33. The SMILES string of the molecule is C#C.C=C.CC1CCC(C)C1.CC1CCC(C)CC1. The van der Waals surface area contributed by atoms with Gasteiger partial charge in [-0.1, -0.05) is 66.2 Å². The minimum Gasteiger partial charge on any atom is -0.124 e. The van der Waals surface area contributed by atoms with Crippen molar-refractivity contribution in [3.63, 3.8) is 0 Å². The van der Waals surface area contributed by atoms with Crippen molar-refractivity contribution in [1.82, 2.24) is 0 Å². The lowest BCUT2D eigenvalue weighted by Gasteiger charge is -2.22. The van der Waals surface area contributed by atoms with E-state index in [-0.39, 0.29) is 0 Å². The molecule has 2 saturated carbocycles. The first-order chi connectivity index (χ1) is 9.08. The summed E-state index contributed by atoms with van der Waals surface area (Å²) < 4.78 is 0. The summed E-state index contributed by atoms with van der Waals surface area (Å²) in [6.07, 6.45) is 18.3. The van der Waals surface area contributed by atoms with Gasteiger partial charge in [0.15, 0.2) is 0 Å². The predicted molar refractivity (Wildman–Crippen MR) is 90.1 cm³/mol. The molecule has 0 spiro atoms. The quantitative estimate of drug-likeness (QED) is 0.354. The van der Waals surface area contributed by atoms with Gasteiger partial charge in [0.25, 0.3) is 0 Å². The molecular weight excluding hydrogens is 228 g/mol. The third-order valence-corrected chi connectivity index (χ3v) is 4.26. The molecular formula is C19H36. The van der Waals surface area contributed by atoms with Gasteiger partial charge in [-0.2, -0.15) is 0 Å². The molecule has 0 heterocycles. The molecule has 112 valence electrons. The normalized spacial score (nSPS) is 32.5. The molecule has 2 aliphatic rings. The van der Waals surface area contributed by atoms with Crippen molar-refractivity contribution >= 4 is 0 Å². The van der Waals surface area contributed by atoms with E-state index in [4.69, 9.17) is 0 Å². The van der Waals surface area contributed by atoms with Crippen molar-refractivity contribution in [2.45, 2.75) is 72.6 Å². The van der Waals surface area contributed by atoms with E-state index in [1.54, 1.807) is 0 Å². The van der Waals surface area contributed by atoms with Crippen LogP contribution in [0.15, 0.2) is 13.2 Å².